The molecule has 0 aliphatic carbocycles. The van der Waals surface area contributed by atoms with Gasteiger partial charge in [0.15, 0.2) is 9.84 Å². The predicted molar refractivity (Wildman–Crippen MR) is 92.5 cm³/mol. The van der Waals surface area contributed by atoms with Gasteiger partial charge in [-0.3, -0.25) is 4.79 Å². The fourth-order valence-corrected chi connectivity index (χ4v) is 4.31. The molecule has 1 aromatic heterocycles. The molecule has 1 aliphatic heterocycles. The topological polar surface area (TPSA) is 88.2 Å². The van der Waals surface area contributed by atoms with E-state index in [1.54, 1.807) is 30.3 Å². The molecule has 1 saturated heterocycles. The molecule has 1 unspecified atom stereocenters. The number of hydrogen-bond acceptors (Lipinski definition) is 5. The van der Waals surface area contributed by atoms with Crippen LogP contribution in [0.25, 0.3) is 0 Å². The van der Waals surface area contributed by atoms with Gasteiger partial charge in [0.1, 0.15) is 11.6 Å². The minimum absolute atomic E-state index is 0.0194. The Morgan fingerprint density at radius 3 is 2.68 bits per heavy atom. The van der Waals surface area contributed by atoms with E-state index in [1.165, 1.54) is 12.3 Å². The van der Waals surface area contributed by atoms with Gasteiger partial charge in [0.25, 0.3) is 5.91 Å². The van der Waals surface area contributed by atoms with E-state index < -0.39 is 9.84 Å². The molecular formula is C17H18FN3O3S. The number of aromatic nitrogens is 1. The van der Waals surface area contributed by atoms with E-state index in [-0.39, 0.29) is 35.8 Å². The summed E-state index contributed by atoms with van der Waals surface area (Å²) in [6.45, 7) is 0.283. The molecule has 8 heteroatoms. The van der Waals surface area contributed by atoms with E-state index in [2.05, 4.69) is 15.6 Å². The largest absolute Gasteiger partial charge is 0.366 e. The normalized spacial score (nSPS) is 18.7. The van der Waals surface area contributed by atoms with Crippen LogP contribution in [-0.4, -0.2) is 36.9 Å². The first-order valence-electron chi connectivity index (χ1n) is 7.87. The SMILES string of the molecule is O=C(NC1CCS(=O)(=O)C1)c1ccc(NCc2ccccc2F)nc1. The van der Waals surface area contributed by atoms with Crippen molar-refractivity contribution < 1.29 is 17.6 Å². The van der Waals surface area contributed by atoms with Gasteiger partial charge in [-0.25, -0.2) is 17.8 Å². The number of sulfone groups is 1. The Morgan fingerprint density at radius 1 is 1.24 bits per heavy atom. The quantitative estimate of drug-likeness (QED) is 0.845. The monoisotopic (exact) mass is 363 g/mol. The lowest BCUT2D eigenvalue weighted by Gasteiger charge is -2.11. The smallest absolute Gasteiger partial charge is 0.253 e. The number of rotatable bonds is 5. The van der Waals surface area contributed by atoms with Gasteiger partial charge in [0.05, 0.1) is 17.1 Å². The van der Waals surface area contributed by atoms with Crippen molar-refractivity contribution in [2.45, 2.75) is 19.0 Å². The Labute approximate surface area is 145 Å². The molecule has 1 fully saturated rings. The maximum atomic E-state index is 13.6. The third-order valence-electron chi connectivity index (χ3n) is 4.01. The molecule has 0 saturated carbocycles. The van der Waals surface area contributed by atoms with Crippen LogP contribution in [0, 0.1) is 5.82 Å². The van der Waals surface area contributed by atoms with Crippen LogP contribution < -0.4 is 10.6 Å². The van der Waals surface area contributed by atoms with E-state index >= 15 is 0 Å². The molecule has 0 radical (unpaired) electrons. The Balaban J connectivity index is 1.56. The van der Waals surface area contributed by atoms with Gasteiger partial charge in [-0.05, 0) is 24.6 Å². The van der Waals surface area contributed by atoms with Crippen LogP contribution in [0.4, 0.5) is 10.2 Å². The van der Waals surface area contributed by atoms with Crippen LogP contribution in [0.1, 0.15) is 22.3 Å². The van der Waals surface area contributed by atoms with E-state index in [0.717, 1.165) is 0 Å². The number of nitrogens with one attached hydrogen (secondary N) is 2. The van der Waals surface area contributed by atoms with Crippen molar-refractivity contribution >= 4 is 21.6 Å². The molecule has 2 heterocycles. The van der Waals surface area contributed by atoms with E-state index in [1.807, 2.05) is 0 Å². The van der Waals surface area contributed by atoms with Crippen LogP contribution in [0.5, 0.6) is 0 Å². The first kappa shape index (κ1) is 17.3. The molecule has 1 atom stereocenters. The number of pyridine rings is 1. The van der Waals surface area contributed by atoms with Crippen LogP contribution >= 0.6 is 0 Å². The first-order chi connectivity index (χ1) is 11.9. The highest BCUT2D eigenvalue weighted by Gasteiger charge is 2.29. The van der Waals surface area contributed by atoms with Crippen LogP contribution in [0.2, 0.25) is 0 Å². The van der Waals surface area contributed by atoms with Crippen LogP contribution in [0.15, 0.2) is 42.6 Å². The molecule has 2 N–H and O–H groups in total. The number of carbonyl (C=O) groups is 1. The standard InChI is InChI=1S/C17H18FN3O3S/c18-15-4-2-1-3-12(15)9-19-16-6-5-13(10-20-16)17(22)21-14-7-8-25(23,24)11-14/h1-6,10,14H,7-9,11H2,(H,19,20)(H,21,22). The maximum absolute atomic E-state index is 13.6. The number of halogens is 1. The molecule has 1 aliphatic rings. The van der Waals surface area contributed by atoms with Crippen molar-refractivity contribution in [1.29, 1.82) is 0 Å². The van der Waals surface area contributed by atoms with Crippen molar-refractivity contribution in [3.8, 4) is 0 Å². The summed E-state index contributed by atoms with van der Waals surface area (Å²) in [5.41, 5.74) is 0.870. The summed E-state index contributed by atoms with van der Waals surface area (Å²) in [6.07, 6.45) is 1.84. The zero-order valence-corrected chi connectivity index (χ0v) is 14.2. The Morgan fingerprint density at radius 2 is 2.04 bits per heavy atom. The summed E-state index contributed by atoms with van der Waals surface area (Å²) in [5, 5.41) is 5.70. The predicted octanol–water partition coefficient (Wildman–Crippen LogP) is 1.75. The van der Waals surface area contributed by atoms with E-state index in [4.69, 9.17) is 0 Å². The number of benzene rings is 1. The molecule has 2 aromatic rings. The molecule has 1 aromatic carbocycles. The number of amides is 1. The van der Waals surface area contributed by atoms with Crippen molar-refractivity contribution in [3.63, 3.8) is 0 Å². The average Bonchev–Trinajstić information content (AvgIpc) is 2.93. The second-order valence-electron chi connectivity index (χ2n) is 5.95. The van der Waals surface area contributed by atoms with Crippen LogP contribution in [0.3, 0.4) is 0 Å². The van der Waals surface area contributed by atoms with Crippen LogP contribution in [-0.2, 0) is 16.4 Å². The summed E-state index contributed by atoms with van der Waals surface area (Å²) in [4.78, 5) is 16.3. The molecular weight excluding hydrogens is 345 g/mol. The summed E-state index contributed by atoms with van der Waals surface area (Å²) in [7, 11) is -3.04. The van der Waals surface area contributed by atoms with Gasteiger partial charge in [0.2, 0.25) is 0 Å². The molecule has 25 heavy (non-hydrogen) atoms. The third-order valence-corrected chi connectivity index (χ3v) is 5.78. The minimum Gasteiger partial charge on any atom is -0.366 e. The second kappa shape index (κ2) is 7.18. The van der Waals surface area contributed by atoms with Gasteiger partial charge < -0.3 is 10.6 Å². The molecule has 132 valence electrons. The van der Waals surface area contributed by atoms with Gasteiger partial charge >= 0.3 is 0 Å². The van der Waals surface area contributed by atoms with Gasteiger partial charge in [0, 0.05) is 24.3 Å². The molecule has 0 bridgehead atoms. The lowest BCUT2D eigenvalue weighted by atomic mass is 10.2. The molecule has 6 nitrogen and oxygen atoms in total. The Hall–Kier alpha value is -2.48. The lowest BCUT2D eigenvalue weighted by molar-refractivity contribution is 0.0941. The Bertz CT molecular complexity index is 869. The van der Waals surface area contributed by atoms with Crippen molar-refractivity contribution in [2.75, 3.05) is 16.8 Å². The number of anilines is 1. The highest BCUT2D eigenvalue weighted by atomic mass is 32.2. The van der Waals surface area contributed by atoms with E-state index in [0.29, 0.717) is 23.4 Å². The minimum atomic E-state index is -3.04. The molecule has 0 spiro atoms. The van der Waals surface area contributed by atoms with E-state index in [9.17, 15) is 17.6 Å². The van der Waals surface area contributed by atoms with Crippen molar-refractivity contribution in [1.82, 2.24) is 10.3 Å². The summed E-state index contributed by atoms with van der Waals surface area (Å²) in [5.74, 6) is -0.0418. The zero-order valence-electron chi connectivity index (χ0n) is 13.4. The number of hydrogen-bond donors (Lipinski definition) is 2. The third kappa shape index (κ3) is 4.54. The van der Waals surface area contributed by atoms with Gasteiger partial charge in [-0.15, -0.1) is 0 Å². The fourth-order valence-electron chi connectivity index (χ4n) is 2.64. The van der Waals surface area contributed by atoms with Crippen molar-refractivity contribution in [3.05, 3.63) is 59.5 Å². The number of nitrogens with zero attached hydrogens (tertiary/aromatic N) is 1. The zero-order chi connectivity index (χ0) is 17.9. The maximum Gasteiger partial charge on any atom is 0.253 e. The second-order valence-corrected chi connectivity index (χ2v) is 8.18. The number of carbonyl (C=O) groups excluding carboxylic acids is 1. The lowest BCUT2D eigenvalue weighted by Crippen LogP contribution is -2.35. The van der Waals surface area contributed by atoms with Gasteiger partial charge in [-0.2, -0.15) is 0 Å². The highest BCUT2D eigenvalue weighted by molar-refractivity contribution is 7.91. The first-order valence-corrected chi connectivity index (χ1v) is 9.70. The Kier molecular flexibility index (Phi) is 4.98. The van der Waals surface area contributed by atoms with Gasteiger partial charge in [-0.1, -0.05) is 18.2 Å². The average molecular weight is 363 g/mol. The summed E-state index contributed by atoms with van der Waals surface area (Å²) in [6, 6.07) is 9.32. The molecule has 1 amide bonds. The fraction of sp³-hybridized carbons (Fsp3) is 0.294. The van der Waals surface area contributed by atoms with Crippen molar-refractivity contribution in [2.24, 2.45) is 0 Å². The molecule has 3 rings (SSSR count). The highest BCUT2D eigenvalue weighted by Crippen LogP contribution is 2.13. The summed E-state index contributed by atoms with van der Waals surface area (Å²) < 4.78 is 36.4. The summed E-state index contributed by atoms with van der Waals surface area (Å²) >= 11 is 0.